The summed E-state index contributed by atoms with van der Waals surface area (Å²) in [5, 5.41) is 0. The van der Waals surface area contributed by atoms with Gasteiger partial charge >= 0.3 is 0 Å². The first-order chi connectivity index (χ1) is 17.3. The molecule has 0 bridgehead atoms. The minimum Gasteiger partial charge on any atom is -0.327 e. The van der Waals surface area contributed by atoms with E-state index in [2.05, 4.69) is 0 Å². The predicted octanol–water partition coefficient (Wildman–Crippen LogP) is 6.65. The van der Waals surface area contributed by atoms with Crippen LogP contribution < -0.4 is 0 Å². The standard InChI is InChI=1S/C31H25N3O/c35-31(34(22-24-13-5-1-6-14-24)23-25-15-7-2-8-16-25)30-32-28(26-17-9-3-10-18-26)21-29(33-30)27-19-11-4-12-20-27/h1-21H,22-23H2. The number of hydrogen-bond acceptors (Lipinski definition) is 3. The SMILES string of the molecule is O=C(c1nc(-c2ccccc2)cc(-c2ccccc2)n1)N(Cc1ccccc1)Cc1ccccc1. The Morgan fingerprint density at radius 2 is 0.914 bits per heavy atom. The molecule has 0 aliphatic carbocycles. The number of carbonyl (C=O) groups is 1. The number of nitrogens with zero attached hydrogens (tertiary/aromatic N) is 3. The molecule has 0 atom stereocenters. The van der Waals surface area contributed by atoms with E-state index < -0.39 is 0 Å². The van der Waals surface area contributed by atoms with Crippen LogP contribution in [0.15, 0.2) is 127 Å². The smallest absolute Gasteiger partial charge is 0.292 e. The first kappa shape index (κ1) is 22.2. The molecule has 5 rings (SSSR count). The van der Waals surface area contributed by atoms with Crippen LogP contribution in [0.4, 0.5) is 0 Å². The summed E-state index contributed by atoms with van der Waals surface area (Å²) in [6, 6.07) is 41.8. The van der Waals surface area contributed by atoms with Gasteiger partial charge in [0.05, 0.1) is 11.4 Å². The topological polar surface area (TPSA) is 46.1 Å². The Morgan fingerprint density at radius 3 is 1.31 bits per heavy atom. The summed E-state index contributed by atoms with van der Waals surface area (Å²) in [6.45, 7) is 0.933. The van der Waals surface area contributed by atoms with Gasteiger partial charge in [-0.1, -0.05) is 121 Å². The molecule has 0 aliphatic heterocycles. The molecule has 4 aromatic carbocycles. The van der Waals surface area contributed by atoms with E-state index in [9.17, 15) is 4.79 Å². The summed E-state index contributed by atoms with van der Waals surface area (Å²) < 4.78 is 0. The van der Waals surface area contributed by atoms with Gasteiger partial charge in [-0.25, -0.2) is 9.97 Å². The van der Waals surface area contributed by atoms with Crippen LogP contribution in [0.2, 0.25) is 0 Å². The fraction of sp³-hybridized carbons (Fsp3) is 0.0645. The van der Waals surface area contributed by atoms with Gasteiger partial charge in [0, 0.05) is 24.2 Å². The highest BCUT2D eigenvalue weighted by Gasteiger charge is 2.22. The van der Waals surface area contributed by atoms with Crippen LogP contribution in [-0.2, 0) is 13.1 Å². The van der Waals surface area contributed by atoms with Gasteiger partial charge in [-0.3, -0.25) is 4.79 Å². The van der Waals surface area contributed by atoms with Gasteiger partial charge in [-0.05, 0) is 17.2 Å². The maximum Gasteiger partial charge on any atom is 0.292 e. The number of carbonyl (C=O) groups excluding carboxylic acids is 1. The van der Waals surface area contributed by atoms with Crippen molar-refractivity contribution in [2.45, 2.75) is 13.1 Å². The van der Waals surface area contributed by atoms with E-state index >= 15 is 0 Å². The van der Waals surface area contributed by atoms with Crippen molar-refractivity contribution >= 4 is 5.91 Å². The van der Waals surface area contributed by atoms with Crippen molar-refractivity contribution in [3.8, 4) is 22.5 Å². The van der Waals surface area contributed by atoms with Crippen molar-refractivity contribution < 1.29 is 4.79 Å². The monoisotopic (exact) mass is 455 g/mol. The summed E-state index contributed by atoms with van der Waals surface area (Å²) >= 11 is 0. The second kappa shape index (κ2) is 10.6. The summed E-state index contributed by atoms with van der Waals surface area (Å²) in [5.41, 5.74) is 5.44. The average Bonchev–Trinajstić information content (AvgIpc) is 2.94. The van der Waals surface area contributed by atoms with Gasteiger partial charge in [0.1, 0.15) is 0 Å². The molecule has 0 N–H and O–H groups in total. The molecule has 1 aromatic heterocycles. The zero-order chi connectivity index (χ0) is 23.9. The van der Waals surface area contributed by atoms with Crippen LogP contribution in [0.25, 0.3) is 22.5 Å². The summed E-state index contributed by atoms with van der Waals surface area (Å²) in [5.74, 6) is -0.00950. The largest absolute Gasteiger partial charge is 0.327 e. The molecule has 4 heteroatoms. The number of benzene rings is 4. The molecule has 1 heterocycles. The average molecular weight is 456 g/mol. The van der Waals surface area contributed by atoms with E-state index in [-0.39, 0.29) is 11.7 Å². The van der Waals surface area contributed by atoms with Crippen LogP contribution >= 0.6 is 0 Å². The molecule has 35 heavy (non-hydrogen) atoms. The van der Waals surface area contributed by atoms with Crippen molar-refractivity contribution in [2.75, 3.05) is 0 Å². The number of aromatic nitrogens is 2. The number of rotatable bonds is 7. The number of amides is 1. The van der Waals surface area contributed by atoms with E-state index in [1.807, 2.05) is 132 Å². The fourth-order valence-electron chi connectivity index (χ4n) is 4.01. The number of hydrogen-bond donors (Lipinski definition) is 0. The Labute approximate surface area is 205 Å². The minimum absolute atomic E-state index is 0.192. The second-order valence-corrected chi connectivity index (χ2v) is 8.33. The summed E-state index contributed by atoms with van der Waals surface area (Å²) in [6.07, 6.45) is 0. The second-order valence-electron chi connectivity index (χ2n) is 8.33. The molecule has 0 spiro atoms. The molecular weight excluding hydrogens is 430 g/mol. The van der Waals surface area contributed by atoms with Crippen molar-refractivity contribution in [3.63, 3.8) is 0 Å². The predicted molar refractivity (Wildman–Crippen MR) is 139 cm³/mol. The molecule has 0 saturated carbocycles. The third kappa shape index (κ3) is 5.50. The van der Waals surface area contributed by atoms with Gasteiger partial charge in [-0.15, -0.1) is 0 Å². The minimum atomic E-state index is -0.201. The molecule has 0 fully saturated rings. The van der Waals surface area contributed by atoms with Crippen LogP contribution in [0.5, 0.6) is 0 Å². The van der Waals surface area contributed by atoms with Crippen LogP contribution in [-0.4, -0.2) is 20.8 Å². The molecule has 0 unspecified atom stereocenters. The van der Waals surface area contributed by atoms with E-state index in [1.54, 1.807) is 0 Å². The van der Waals surface area contributed by atoms with Crippen molar-refractivity contribution in [2.24, 2.45) is 0 Å². The Hall–Kier alpha value is -4.57. The third-order valence-corrected chi connectivity index (χ3v) is 5.78. The lowest BCUT2D eigenvalue weighted by molar-refractivity contribution is 0.0717. The molecule has 0 aliphatic rings. The van der Waals surface area contributed by atoms with Crippen LogP contribution in [0.3, 0.4) is 0 Å². The molecular formula is C31H25N3O. The lowest BCUT2D eigenvalue weighted by atomic mass is 10.1. The van der Waals surface area contributed by atoms with Gasteiger partial charge in [-0.2, -0.15) is 0 Å². The van der Waals surface area contributed by atoms with Gasteiger partial charge < -0.3 is 4.90 Å². The Kier molecular flexibility index (Phi) is 6.72. The van der Waals surface area contributed by atoms with E-state index in [1.165, 1.54) is 0 Å². The van der Waals surface area contributed by atoms with E-state index in [4.69, 9.17) is 9.97 Å². The lowest BCUT2D eigenvalue weighted by Gasteiger charge is -2.23. The molecule has 5 aromatic rings. The third-order valence-electron chi connectivity index (χ3n) is 5.78. The summed E-state index contributed by atoms with van der Waals surface area (Å²) in [4.78, 5) is 25.2. The molecule has 0 radical (unpaired) electrons. The highest BCUT2D eigenvalue weighted by atomic mass is 16.2. The normalized spacial score (nSPS) is 10.6. The zero-order valence-corrected chi connectivity index (χ0v) is 19.3. The Balaban J connectivity index is 1.57. The van der Waals surface area contributed by atoms with Crippen molar-refractivity contribution in [1.82, 2.24) is 14.9 Å². The maximum atomic E-state index is 13.9. The highest BCUT2D eigenvalue weighted by molar-refractivity contribution is 5.92. The van der Waals surface area contributed by atoms with E-state index in [0.29, 0.717) is 13.1 Å². The van der Waals surface area contributed by atoms with Gasteiger partial charge in [0.2, 0.25) is 5.82 Å². The Bertz CT molecular complexity index is 1290. The van der Waals surface area contributed by atoms with Crippen LogP contribution in [0.1, 0.15) is 21.7 Å². The van der Waals surface area contributed by atoms with Gasteiger partial charge in [0.25, 0.3) is 5.91 Å². The van der Waals surface area contributed by atoms with Gasteiger partial charge in [0.15, 0.2) is 0 Å². The molecule has 1 amide bonds. The van der Waals surface area contributed by atoms with Crippen LogP contribution in [0, 0.1) is 0 Å². The first-order valence-corrected chi connectivity index (χ1v) is 11.6. The molecule has 0 saturated heterocycles. The highest BCUT2D eigenvalue weighted by Crippen LogP contribution is 2.24. The van der Waals surface area contributed by atoms with Crippen molar-refractivity contribution in [3.05, 3.63) is 144 Å². The first-order valence-electron chi connectivity index (χ1n) is 11.6. The summed E-state index contributed by atoms with van der Waals surface area (Å²) in [7, 11) is 0. The molecule has 170 valence electrons. The Morgan fingerprint density at radius 1 is 0.543 bits per heavy atom. The lowest BCUT2D eigenvalue weighted by Crippen LogP contribution is -2.31. The quantitative estimate of drug-likeness (QED) is 0.276. The fourth-order valence-corrected chi connectivity index (χ4v) is 4.01. The van der Waals surface area contributed by atoms with Crippen molar-refractivity contribution in [1.29, 1.82) is 0 Å². The molecule has 4 nitrogen and oxygen atoms in total. The zero-order valence-electron chi connectivity index (χ0n) is 19.3. The van der Waals surface area contributed by atoms with E-state index in [0.717, 1.165) is 33.6 Å². The maximum absolute atomic E-state index is 13.9.